The molecular formula is C25H30FN3O5. The maximum Gasteiger partial charge on any atom is 0.410 e. The number of ether oxygens (including phenoxy) is 2. The number of nitrogens with two attached hydrogens (primary N) is 1. The van der Waals surface area contributed by atoms with Crippen molar-refractivity contribution in [1.29, 1.82) is 0 Å². The molecule has 1 amide bonds. The Morgan fingerprint density at radius 3 is 2.29 bits per heavy atom. The number of carbonyl (C=O) groups excluding carboxylic acids is 1. The van der Waals surface area contributed by atoms with Crippen molar-refractivity contribution < 1.29 is 28.6 Å². The summed E-state index contributed by atoms with van der Waals surface area (Å²) in [5.74, 6) is -0.844. The highest BCUT2D eigenvalue weighted by Crippen LogP contribution is 2.48. The van der Waals surface area contributed by atoms with Crippen molar-refractivity contribution in [2.45, 2.75) is 44.8 Å². The van der Waals surface area contributed by atoms with Crippen LogP contribution in [0.5, 0.6) is 5.88 Å². The number of likely N-dealkylation sites (tertiary alicyclic amines) is 1. The molecule has 0 spiro atoms. The Labute approximate surface area is 197 Å². The van der Waals surface area contributed by atoms with Gasteiger partial charge in [-0.3, -0.25) is 4.79 Å². The zero-order valence-electron chi connectivity index (χ0n) is 19.7. The first-order valence-electron chi connectivity index (χ1n) is 11.3. The van der Waals surface area contributed by atoms with Crippen LogP contribution in [0.25, 0.3) is 11.3 Å². The highest BCUT2D eigenvalue weighted by atomic mass is 19.1. The van der Waals surface area contributed by atoms with E-state index in [0.29, 0.717) is 29.9 Å². The van der Waals surface area contributed by atoms with Gasteiger partial charge in [0.05, 0.1) is 5.69 Å². The van der Waals surface area contributed by atoms with Crippen LogP contribution in [0.2, 0.25) is 0 Å². The SMILES string of the molecule is CC(C)(C)OC(=O)N1C[C@@H]2C(Oc3cc(C(C)(CN)C(=O)O)cc(-c4ccc(F)cc4)n3)[C@@H]2C1. The minimum Gasteiger partial charge on any atom is -0.481 e. The maximum absolute atomic E-state index is 13.4. The van der Waals surface area contributed by atoms with Crippen LogP contribution < -0.4 is 10.5 Å². The zero-order valence-corrected chi connectivity index (χ0v) is 19.7. The van der Waals surface area contributed by atoms with Gasteiger partial charge < -0.3 is 25.2 Å². The van der Waals surface area contributed by atoms with Crippen LogP contribution in [0.1, 0.15) is 33.3 Å². The number of fused-ring (bicyclic) bond motifs is 1. The third kappa shape index (κ3) is 4.70. The molecule has 1 aromatic carbocycles. The Balaban J connectivity index is 1.55. The number of nitrogens with zero attached hydrogens (tertiary/aromatic N) is 2. The summed E-state index contributed by atoms with van der Waals surface area (Å²) in [5, 5.41) is 9.82. The quantitative estimate of drug-likeness (QED) is 0.663. The smallest absolute Gasteiger partial charge is 0.410 e. The number of carboxylic acid groups (broad SMARTS) is 1. The predicted octanol–water partition coefficient (Wildman–Crippen LogP) is 3.43. The Morgan fingerprint density at radius 1 is 1.15 bits per heavy atom. The van der Waals surface area contributed by atoms with Gasteiger partial charge in [0.1, 0.15) is 22.9 Å². The molecule has 0 radical (unpaired) electrons. The number of rotatable bonds is 6. The third-order valence-corrected chi connectivity index (χ3v) is 6.48. The van der Waals surface area contributed by atoms with E-state index in [4.69, 9.17) is 15.2 Å². The summed E-state index contributed by atoms with van der Waals surface area (Å²) in [6.07, 6.45) is -0.464. The van der Waals surface area contributed by atoms with Crippen molar-refractivity contribution in [1.82, 2.24) is 9.88 Å². The molecule has 4 atom stereocenters. The number of hydrogen-bond acceptors (Lipinski definition) is 6. The molecular weight excluding hydrogens is 441 g/mol. The van der Waals surface area contributed by atoms with E-state index in [1.54, 1.807) is 36.1 Å². The molecule has 1 aliphatic heterocycles. The molecule has 2 aliphatic rings. The fourth-order valence-corrected chi connectivity index (χ4v) is 4.24. The Morgan fingerprint density at radius 2 is 1.76 bits per heavy atom. The summed E-state index contributed by atoms with van der Waals surface area (Å²) < 4.78 is 25.0. The van der Waals surface area contributed by atoms with E-state index in [0.717, 1.165) is 0 Å². The molecule has 8 nitrogen and oxygen atoms in total. The van der Waals surface area contributed by atoms with Crippen LogP contribution in [0.15, 0.2) is 36.4 Å². The van der Waals surface area contributed by atoms with Crippen LogP contribution in [0, 0.1) is 17.7 Å². The van der Waals surface area contributed by atoms with Gasteiger partial charge >= 0.3 is 12.1 Å². The average molecular weight is 472 g/mol. The number of piperidine rings is 1. The van der Waals surface area contributed by atoms with E-state index in [9.17, 15) is 19.1 Å². The number of carboxylic acids is 1. The Kier molecular flexibility index (Phi) is 6.01. The summed E-state index contributed by atoms with van der Waals surface area (Å²) in [7, 11) is 0. The first-order chi connectivity index (χ1) is 15.9. The summed E-state index contributed by atoms with van der Waals surface area (Å²) in [5.41, 5.74) is 5.48. The normalized spacial score (nSPS) is 23.1. The first-order valence-corrected chi connectivity index (χ1v) is 11.3. The highest BCUT2D eigenvalue weighted by Gasteiger charge is 2.59. The molecule has 9 heteroatoms. The molecule has 182 valence electrons. The zero-order chi connectivity index (χ0) is 24.8. The predicted molar refractivity (Wildman–Crippen MR) is 123 cm³/mol. The topological polar surface area (TPSA) is 115 Å². The van der Waals surface area contributed by atoms with Crippen LogP contribution in [0.4, 0.5) is 9.18 Å². The molecule has 1 saturated carbocycles. The highest BCUT2D eigenvalue weighted by molar-refractivity contribution is 5.82. The molecule has 2 aromatic rings. The van der Waals surface area contributed by atoms with E-state index in [1.165, 1.54) is 12.1 Å². The van der Waals surface area contributed by atoms with E-state index in [-0.39, 0.29) is 42.3 Å². The number of halogens is 1. The van der Waals surface area contributed by atoms with Crippen molar-refractivity contribution in [3.05, 3.63) is 47.8 Å². The number of aliphatic carboxylic acids is 1. The fraction of sp³-hybridized carbons (Fsp3) is 0.480. The molecule has 2 heterocycles. The molecule has 2 fully saturated rings. The van der Waals surface area contributed by atoms with Crippen LogP contribution in [0.3, 0.4) is 0 Å². The standard InChI is InChI=1S/C25H30FN3O5/c1-24(2,3)34-23(32)29-11-17-18(12-29)21(17)33-20-10-15(25(4,13-27)22(30)31)9-19(28-20)14-5-7-16(26)8-6-14/h5-10,17-18,21H,11-13,27H2,1-4H3,(H,30,31)/t17-,18+,21?,25?. The van der Waals surface area contributed by atoms with Gasteiger partial charge in [-0.15, -0.1) is 0 Å². The second-order valence-electron chi connectivity index (χ2n) is 10.2. The second-order valence-corrected chi connectivity index (χ2v) is 10.2. The van der Waals surface area contributed by atoms with Crippen molar-refractivity contribution in [2.24, 2.45) is 17.6 Å². The fourth-order valence-electron chi connectivity index (χ4n) is 4.24. The molecule has 1 aliphatic carbocycles. The van der Waals surface area contributed by atoms with Gasteiger partial charge in [0.15, 0.2) is 0 Å². The molecule has 1 saturated heterocycles. The van der Waals surface area contributed by atoms with Crippen molar-refractivity contribution in [3.8, 4) is 17.1 Å². The number of hydrogen-bond donors (Lipinski definition) is 2. The maximum atomic E-state index is 13.4. The molecule has 0 bridgehead atoms. The molecule has 3 N–H and O–H groups in total. The monoisotopic (exact) mass is 471 g/mol. The van der Waals surface area contributed by atoms with Crippen LogP contribution in [-0.4, -0.2) is 58.4 Å². The lowest BCUT2D eigenvalue weighted by molar-refractivity contribution is -0.142. The molecule has 1 aromatic heterocycles. The minimum atomic E-state index is -1.34. The largest absolute Gasteiger partial charge is 0.481 e. The van der Waals surface area contributed by atoms with Gasteiger partial charge in [0, 0.05) is 43.1 Å². The van der Waals surface area contributed by atoms with Crippen LogP contribution in [-0.2, 0) is 14.9 Å². The molecule has 2 unspecified atom stereocenters. The Bertz CT molecular complexity index is 1090. The van der Waals surface area contributed by atoms with Crippen molar-refractivity contribution in [3.63, 3.8) is 0 Å². The van der Waals surface area contributed by atoms with E-state index >= 15 is 0 Å². The number of benzene rings is 1. The van der Waals surface area contributed by atoms with Gasteiger partial charge in [-0.05, 0) is 63.6 Å². The number of amides is 1. The van der Waals surface area contributed by atoms with Crippen molar-refractivity contribution >= 4 is 12.1 Å². The summed E-state index contributed by atoms with van der Waals surface area (Å²) in [4.78, 5) is 30.6. The molecule has 4 rings (SSSR count). The van der Waals surface area contributed by atoms with Gasteiger partial charge in [-0.2, -0.15) is 0 Å². The van der Waals surface area contributed by atoms with Gasteiger partial charge in [-0.25, -0.2) is 14.2 Å². The summed E-state index contributed by atoms with van der Waals surface area (Å²) in [6.45, 7) is 7.99. The number of carbonyl (C=O) groups is 2. The third-order valence-electron chi connectivity index (χ3n) is 6.48. The van der Waals surface area contributed by atoms with Gasteiger partial charge in [0.2, 0.25) is 5.88 Å². The van der Waals surface area contributed by atoms with E-state index in [1.807, 2.05) is 20.8 Å². The number of aromatic nitrogens is 1. The molecule has 34 heavy (non-hydrogen) atoms. The van der Waals surface area contributed by atoms with Crippen LogP contribution >= 0.6 is 0 Å². The lowest BCUT2D eigenvalue weighted by Gasteiger charge is -2.26. The van der Waals surface area contributed by atoms with Gasteiger partial charge in [-0.1, -0.05) is 0 Å². The van der Waals surface area contributed by atoms with Gasteiger partial charge in [0.25, 0.3) is 0 Å². The first kappa shape index (κ1) is 23.9. The summed E-state index contributed by atoms with van der Waals surface area (Å²) >= 11 is 0. The van der Waals surface area contributed by atoms with E-state index in [2.05, 4.69) is 4.98 Å². The lowest BCUT2D eigenvalue weighted by Crippen LogP contribution is -2.40. The average Bonchev–Trinajstić information content (AvgIpc) is 3.19. The number of pyridine rings is 1. The van der Waals surface area contributed by atoms with E-state index < -0.39 is 17.0 Å². The minimum absolute atomic E-state index is 0.117. The Hall–Kier alpha value is -3.20. The summed E-state index contributed by atoms with van der Waals surface area (Å²) in [6, 6.07) is 9.06. The van der Waals surface area contributed by atoms with Crippen molar-refractivity contribution in [2.75, 3.05) is 19.6 Å². The second kappa shape index (κ2) is 8.54. The lowest BCUT2D eigenvalue weighted by atomic mass is 9.82.